The molecule has 1 aromatic carbocycles. The highest BCUT2D eigenvalue weighted by atomic mass is 35.5. The minimum atomic E-state index is -1.03. The molecule has 0 aliphatic heterocycles. The van der Waals surface area contributed by atoms with Gasteiger partial charge < -0.3 is 5.11 Å². The molecule has 0 aliphatic rings. The molecule has 2 aromatic rings. The van der Waals surface area contributed by atoms with Gasteiger partial charge in [0.25, 0.3) is 0 Å². The van der Waals surface area contributed by atoms with E-state index < -0.39 is 11.8 Å². The Hall–Kier alpha value is -1.46. The number of rotatable bonds is 3. The molecular formula is C11H7ClFNO2S. The van der Waals surface area contributed by atoms with E-state index in [0.717, 1.165) is 11.3 Å². The summed E-state index contributed by atoms with van der Waals surface area (Å²) in [5.41, 5.74) is 0.334. The average Bonchev–Trinajstić information content (AvgIpc) is 2.72. The summed E-state index contributed by atoms with van der Waals surface area (Å²) >= 11 is 6.89. The molecule has 2 rings (SSSR count). The average molecular weight is 272 g/mol. The van der Waals surface area contributed by atoms with Gasteiger partial charge in [0.2, 0.25) is 0 Å². The van der Waals surface area contributed by atoms with Gasteiger partial charge >= 0.3 is 5.97 Å². The van der Waals surface area contributed by atoms with Gasteiger partial charge in [0, 0.05) is 17.0 Å². The number of thiazole rings is 1. The van der Waals surface area contributed by atoms with Crippen molar-refractivity contribution in [1.29, 1.82) is 0 Å². The fraction of sp³-hybridized carbons (Fsp3) is 0.0909. The zero-order chi connectivity index (χ0) is 12.4. The van der Waals surface area contributed by atoms with Crippen molar-refractivity contribution in [3.8, 4) is 0 Å². The van der Waals surface area contributed by atoms with E-state index in [1.807, 2.05) is 0 Å². The van der Waals surface area contributed by atoms with E-state index >= 15 is 0 Å². The molecule has 0 amide bonds. The fourth-order valence-corrected chi connectivity index (χ4v) is 2.34. The number of hydrogen-bond acceptors (Lipinski definition) is 3. The molecule has 0 fully saturated rings. The van der Waals surface area contributed by atoms with Gasteiger partial charge in [-0.05, 0) is 12.1 Å². The molecule has 0 aliphatic carbocycles. The largest absolute Gasteiger partial charge is 0.477 e. The summed E-state index contributed by atoms with van der Waals surface area (Å²) in [4.78, 5) is 14.7. The van der Waals surface area contributed by atoms with Crippen molar-refractivity contribution >= 4 is 28.9 Å². The normalized spacial score (nSPS) is 10.5. The van der Waals surface area contributed by atoms with Crippen LogP contribution in [0.25, 0.3) is 0 Å². The van der Waals surface area contributed by atoms with E-state index in [2.05, 4.69) is 4.98 Å². The van der Waals surface area contributed by atoms with Gasteiger partial charge in [-0.15, -0.1) is 11.3 Å². The monoisotopic (exact) mass is 271 g/mol. The Morgan fingerprint density at radius 1 is 1.53 bits per heavy atom. The first-order valence-corrected chi connectivity index (χ1v) is 5.88. The highest BCUT2D eigenvalue weighted by Crippen LogP contribution is 2.24. The van der Waals surface area contributed by atoms with Crippen molar-refractivity contribution in [3.05, 3.63) is 50.7 Å². The van der Waals surface area contributed by atoms with E-state index in [-0.39, 0.29) is 11.3 Å². The van der Waals surface area contributed by atoms with Crippen molar-refractivity contribution in [3.63, 3.8) is 0 Å². The fourth-order valence-electron chi connectivity index (χ4n) is 1.34. The smallest absolute Gasteiger partial charge is 0.347 e. The Balaban J connectivity index is 2.28. The third-order valence-electron chi connectivity index (χ3n) is 2.15. The van der Waals surface area contributed by atoms with Crippen LogP contribution in [0.1, 0.15) is 20.2 Å². The minimum absolute atomic E-state index is 0.132. The highest BCUT2D eigenvalue weighted by Gasteiger charge is 2.12. The molecule has 3 nitrogen and oxygen atoms in total. The van der Waals surface area contributed by atoms with Gasteiger partial charge in [-0.25, -0.2) is 14.2 Å². The molecule has 1 aromatic heterocycles. The predicted molar refractivity (Wildman–Crippen MR) is 63.3 cm³/mol. The van der Waals surface area contributed by atoms with Gasteiger partial charge in [0.15, 0.2) is 0 Å². The van der Waals surface area contributed by atoms with Crippen LogP contribution < -0.4 is 0 Å². The van der Waals surface area contributed by atoms with Gasteiger partial charge in [0.05, 0.1) is 11.2 Å². The van der Waals surface area contributed by atoms with E-state index in [9.17, 15) is 9.18 Å². The zero-order valence-electron chi connectivity index (χ0n) is 8.48. The lowest BCUT2D eigenvalue weighted by atomic mass is 10.1. The Bertz CT molecular complexity index is 550. The molecule has 0 atom stereocenters. The summed E-state index contributed by atoms with van der Waals surface area (Å²) in [6, 6.07) is 4.42. The maximum atomic E-state index is 13.5. The first-order chi connectivity index (χ1) is 8.08. The molecule has 17 heavy (non-hydrogen) atoms. The van der Waals surface area contributed by atoms with Gasteiger partial charge in [-0.1, -0.05) is 17.7 Å². The number of carboxylic acids is 1. The zero-order valence-corrected chi connectivity index (χ0v) is 10.1. The SMILES string of the molecule is O=C(O)c1cnc(Cc2c(F)cccc2Cl)s1. The number of aromatic carboxylic acids is 1. The molecule has 1 heterocycles. The van der Waals surface area contributed by atoms with Crippen LogP contribution in [0.15, 0.2) is 24.4 Å². The molecule has 0 unspecified atom stereocenters. The summed E-state index contributed by atoms with van der Waals surface area (Å²) in [6.07, 6.45) is 1.46. The minimum Gasteiger partial charge on any atom is -0.477 e. The molecule has 0 saturated carbocycles. The lowest BCUT2D eigenvalue weighted by Crippen LogP contribution is -1.93. The predicted octanol–water partition coefficient (Wildman–Crippen LogP) is 3.22. The number of benzene rings is 1. The third kappa shape index (κ3) is 2.62. The number of nitrogens with zero attached hydrogens (tertiary/aromatic N) is 1. The van der Waals surface area contributed by atoms with Gasteiger partial charge in [0.1, 0.15) is 10.7 Å². The summed E-state index contributed by atoms with van der Waals surface area (Å²) < 4.78 is 13.5. The van der Waals surface area contributed by atoms with Crippen molar-refractivity contribution < 1.29 is 14.3 Å². The van der Waals surface area contributed by atoms with Crippen LogP contribution in [0.3, 0.4) is 0 Å². The van der Waals surface area contributed by atoms with Crippen LogP contribution in [-0.2, 0) is 6.42 Å². The maximum absolute atomic E-state index is 13.5. The molecule has 88 valence electrons. The molecular weight excluding hydrogens is 265 g/mol. The Morgan fingerprint density at radius 2 is 2.29 bits per heavy atom. The highest BCUT2D eigenvalue weighted by molar-refractivity contribution is 7.13. The Labute approximate surface area is 106 Å². The van der Waals surface area contributed by atoms with Crippen molar-refractivity contribution in [2.45, 2.75) is 6.42 Å². The lowest BCUT2D eigenvalue weighted by Gasteiger charge is -2.02. The first kappa shape index (κ1) is 12.0. The molecule has 1 N–H and O–H groups in total. The summed E-state index contributed by atoms with van der Waals surface area (Å²) in [5.74, 6) is -1.45. The van der Waals surface area contributed by atoms with Crippen LogP contribution >= 0.6 is 22.9 Å². The summed E-state index contributed by atoms with van der Waals surface area (Å²) in [5, 5.41) is 9.58. The van der Waals surface area contributed by atoms with Gasteiger partial charge in [-0.2, -0.15) is 0 Å². The van der Waals surface area contributed by atoms with E-state index in [4.69, 9.17) is 16.7 Å². The van der Waals surface area contributed by atoms with E-state index in [1.54, 1.807) is 6.07 Å². The Morgan fingerprint density at radius 3 is 2.88 bits per heavy atom. The number of hydrogen-bond donors (Lipinski definition) is 1. The first-order valence-electron chi connectivity index (χ1n) is 4.69. The molecule has 0 saturated heterocycles. The second-order valence-corrected chi connectivity index (χ2v) is 4.82. The third-order valence-corrected chi connectivity index (χ3v) is 3.49. The Kier molecular flexibility index (Phi) is 3.40. The molecule has 0 bridgehead atoms. The summed E-state index contributed by atoms with van der Waals surface area (Å²) in [6.45, 7) is 0. The molecule has 0 spiro atoms. The molecule has 6 heteroatoms. The topological polar surface area (TPSA) is 50.2 Å². The quantitative estimate of drug-likeness (QED) is 0.932. The lowest BCUT2D eigenvalue weighted by molar-refractivity contribution is 0.0702. The maximum Gasteiger partial charge on any atom is 0.347 e. The number of aromatic nitrogens is 1. The van der Waals surface area contributed by atoms with Gasteiger partial charge in [-0.3, -0.25) is 0 Å². The standard InChI is InChI=1S/C11H7ClFNO2S/c12-7-2-1-3-8(13)6(7)4-10-14-5-9(17-10)11(15)16/h1-3,5H,4H2,(H,15,16). The van der Waals surface area contributed by atoms with E-state index in [1.165, 1.54) is 18.3 Å². The van der Waals surface area contributed by atoms with Crippen molar-refractivity contribution in [1.82, 2.24) is 4.98 Å². The van der Waals surface area contributed by atoms with Crippen molar-refractivity contribution in [2.24, 2.45) is 0 Å². The van der Waals surface area contributed by atoms with Crippen LogP contribution in [0, 0.1) is 5.82 Å². The van der Waals surface area contributed by atoms with Crippen LogP contribution in [-0.4, -0.2) is 16.1 Å². The second-order valence-electron chi connectivity index (χ2n) is 3.30. The number of halogens is 2. The van der Waals surface area contributed by atoms with Crippen LogP contribution in [0.4, 0.5) is 4.39 Å². The summed E-state index contributed by atoms with van der Waals surface area (Å²) in [7, 11) is 0. The van der Waals surface area contributed by atoms with E-state index in [0.29, 0.717) is 15.6 Å². The number of carboxylic acid groups (broad SMARTS) is 1. The number of carbonyl (C=O) groups is 1. The van der Waals surface area contributed by atoms with Crippen LogP contribution in [0.2, 0.25) is 5.02 Å². The second kappa shape index (κ2) is 4.81. The van der Waals surface area contributed by atoms with Crippen molar-refractivity contribution in [2.75, 3.05) is 0 Å². The molecule has 0 radical (unpaired) electrons. The van der Waals surface area contributed by atoms with Crippen LogP contribution in [0.5, 0.6) is 0 Å².